The lowest BCUT2D eigenvalue weighted by Gasteiger charge is -2.08. The summed E-state index contributed by atoms with van der Waals surface area (Å²) in [6.07, 6.45) is 2.16. The van der Waals surface area contributed by atoms with Crippen molar-refractivity contribution in [2.45, 2.75) is 39.8 Å². The average Bonchev–Trinajstić information content (AvgIpc) is 3.56. The molecule has 0 unspecified atom stereocenters. The van der Waals surface area contributed by atoms with Crippen LogP contribution >= 0.6 is 0 Å². The maximum absolute atomic E-state index is 9.83. The number of aromatic hydroxyl groups is 1. The molecule has 8 aromatic rings. The highest BCUT2D eigenvalue weighted by Gasteiger charge is 2.16. The van der Waals surface area contributed by atoms with Crippen LogP contribution in [0.25, 0.3) is 77.0 Å². The van der Waals surface area contributed by atoms with E-state index >= 15 is 0 Å². The normalized spacial score (nSPS) is 11.8. The smallest absolute Gasteiger partial charge is 0.115 e. The molecular formula is C42H36N2O. The van der Waals surface area contributed by atoms with E-state index in [2.05, 4.69) is 126 Å². The van der Waals surface area contributed by atoms with E-state index in [9.17, 15) is 5.11 Å². The van der Waals surface area contributed by atoms with Gasteiger partial charge in [0, 0.05) is 56.7 Å². The molecule has 0 spiro atoms. The second-order valence-corrected chi connectivity index (χ2v) is 12.1. The molecule has 3 heteroatoms. The van der Waals surface area contributed by atoms with E-state index in [1.54, 1.807) is 12.1 Å². The first-order chi connectivity index (χ1) is 22.1. The molecule has 2 aromatic heterocycles. The Morgan fingerprint density at radius 2 is 0.733 bits per heavy atom. The Morgan fingerprint density at radius 1 is 0.400 bits per heavy atom. The van der Waals surface area contributed by atoms with Gasteiger partial charge in [-0.1, -0.05) is 80.6 Å². The first-order valence-corrected chi connectivity index (χ1v) is 16.1. The number of phenols is 1. The Bertz CT molecular complexity index is 2340. The van der Waals surface area contributed by atoms with Crippen molar-refractivity contribution >= 4 is 43.6 Å². The molecule has 0 amide bonds. The molecule has 0 saturated carbocycles. The number of benzene rings is 6. The fourth-order valence-electron chi connectivity index (χ4n) is 7.14. The topological polar surface area (TPSA) is 30.1 Å². The summed E-state index contributed by atoms with van der Waals surface area (Å²) in [6.45, 7) is 6.47. The molecule has 0 saturated heterocycles. The summed E-state index contributed by atoms with van der Waals surface area (Å²) >= 11 is 0. The Hall–Kier alpha value is -5.28. The lowest BCUT2D eigenvalue weighted by Crippen LogP contribution is -1.96. The second-order valence-electron chi connectivity index (χ2n) is 12.1. The summed E-state index contributed by atoms with van der Waals surface area (Å²) < 4.78 is 4.94. The highest BCUT2D eigenvalue weighted by molar-refractivity contribution is 6.12. The Balaban J connectivity index is 1.31. The van der Waals surface area contributed by atoms with Crippen molar-refractivity contribution in [3.8, 4) is 39.1 Å². The first kappa shape index (κ1) is 27.3. The van der Waals surface area contributed by atoms with Crippen LogP contribution in [0.3, 0.4) is 0 Å². The molecule has 3 nitrogen and oxygen atoms in total. The van der Waals surface area contributed by atoms with E-state index in [4.69, 9.17) is 0 Å². The highest BCUT2D eigenvalue weighted by Crippen LogP contribution is 2.38. The summed E-state index contributed by atoms with van der Waals surface area (Å²) in [5, 5.41) is 15.0. The molecular weight excluding hydrogens is 548 g/mol. The molecule has 220 valence electrons. The SMILES string of the molecule is CCCn1c2ccc(-c3ccccc3)cc2c2cc(-c3ccc4c(c3)c3cc(-c5ccc(O)cc5)ccc3n4CCC)ccc21. The second kappa shape index (κ2) is 11.0. The van der Waals surface area contributed by atoms with Crippen molar-refractivity contribution in [2.75, 3.05) is 0 Å². The van der Waals surface area contributed by atoms with Crippen LogP contribution in [0.5, 0.6) is 5.75 Å². The van der Waals surface area contributed by atoms with Crippen LogP contribution in [-0.2, 0) is 13.1 Å². The Labute approximate surface area is 263 Å². The van der Waals surface area contributed by atoms with Crippen LogP contribution in [0, 0.1) is 0 Å². The zero-order valence-corrected chi connectivity index (χ0v) is 25.8. The zero-order valence-electron chi connectivity index (χ0n) is 25.8. The van der Waals surface area contributed by atoms with E-state index in [-0.39, 0.29) is 5.75 Å². The molecule has 6 aromatic carbocycles. The quantitative estimate of drug-likeness (QED) is 0.198. The molecule has 45 heavy (non-hydrogen) atoms. The third-order valence-electron chi connectivity index (χ3n) is 9.27. The fourth-order valence-corrected chi connectivity index (χ4v) is 7.14. The predicted molar refractivity (Wildman–Crippen MR) is 191 cm³/mol. The van der Waals surface area contributed by atoms with Crippen molar-refractivity contribution < 1.29 is 5.11 Å². The van der Waals surface area contributed by atoms with E-state index in [1.807, 2.05) is 12.1 Å². The first-order valence-electron chi connectivity index (χ1n) is 16.1. The molecule has 1 N–H and O–H groups in total. The third kappa shape index (κ3) is 4.58. The van der Waals surface area contributed by atoms with Gasteiger partial charge in [-0.25, -0.2) is 0 Å². The number of aryl methyl sites for hydroxylation is 2. The van der Waals surface area contributed by atoms with Gasteiger partial charge in [-0.2, -0.15) is 0 Å². The molecule has 0 aliphatic heterocycles. The molecule has 0 atom stereocenters. The number of hydrogen-bond donors (Lipinski definition) is 1. The minimum Gasteiger partial charge on any atom is -0.508 e. The van der Waals surface area contributed by atoms with Crippen LogP contribution < -0.4 is 0 Å². The average molecular weight is 585 g/mol. The van der Waals surface area contributed by atoms with Gasteiger partial charge in [-0.15, -0.1) is 0 Å². The van der Waals surface area contributed by atoms with Crippen LogP contribution in [0.1, 0.15) is 26.7 Å². The summed E-state index contributed by atoms with van der Waals surface area (Å²) in [5.74, 6) is 0.287. The minimum absolute atomic E-state index is 0.287. The fraction of sp³-hybridized carbons (Fsp3) is 0.143. The standard InChI is InChI=1S/C42H36N2O/c1-3-22-43-39-18-12-30(28-8-6-5-7-9-28)24-35(39)37-26-32(14-20-41(37)43)33-15-21-42-38(27-33)36-25-31(29-10-16-34(45)17-11-29)13-19-40(36)44(42)23-4-2/h5-21,24-27,45H,3-4,22-23H2,1-2H3. The number of nitrogens with zero attached hydrogens (tertiary/aromatic N) is 2. The summed E-state index contributed by atoms with van der Waals surface area (Å²) in [4.78, 5) is 0. The molecule has 0 bridgehead atoms. The van der Waals surface area contributed by atoms with Crippen molar-refractivity contribution in [3.05, 3.63) is 127 Å². The highest BCUT2D eigenvalue weighted by atomic mass is 16.3. The molecule has 0 fully saturated rings. The maximum Gasteiger partial charge on any atom is 0.115 e. The van der Waals surface area contributed by atoms with Crippen LogP contribution in [0.15, 0.2) is 127 Å². The molecule has 0 aliphatic carbocycles. The zero-order chi connectivity index (χ0) is 30.5. The molecule has 2 heterocycles. The predicted octanol–water partition coefficient (Wildman–Crippen LogP) is 11.4. The monoisotopic (exact) mass is 584 g/mol. The van der Waals surface area contributed by atoms with Crippen molar-refractivity contribution in [1.29, 1.82) is 0 Å². The van der Waals surface area contributed by atoms with E-state index in [0.29, 0.717) is 0 Å². The van der Waals surface area contributed by atoms with Gasteiger partial charge in [0.15, 0.2) is 0 Å². The van der Waals surface area contributed by atoms with Gasteiger partial charge in [0.25, 0.3) is 0 Å². The van der Waals surface area contributed by atoms with Crippen LogP contribution in [0.4, 0.5) is 0 Å². The van der Waals surface area contributed by atoms with Gasteiger partial charge in [0.2, 0.25) is 0 Å². The van der Waals surface area contributed by atoms with Gasteiger partial charge in [0.05, 0.1) is 0 Å². The number of aromatic nitrogens is 2. The van der Waals surface area contributed by atoms with Gasteiger partial charge in [0.1, 0.15) is 5.75 Å². The molecule has 0 radical (unpaired) electrons. The van der Waals surface area contributed by atoms with Crippen LogP contribution in [-0.4, -0.2) is 14.2 Å². The van der Waals surface area contributed by atoms with E-state index in [0.717, 1.165) is 37.1 Å². The maximum atomic E-state index is 9.83. The summed E-state index contributed by atoms with van der Waals surface area (Å²) in [6, 6.07) is 45.8. The summed E-state index contributed by atoms with van der Waals surface area (Å²) in [5.41, 5.74) is 12.3. The lowest BCUT2D eigenvalue weighted by atomic mass is 9.98. The number of fused-ring (bicyclic) bond motifs is 6. The van der Waals surface area contributed by atoms with Crippen molar-refractivity contribution in [2.24, 2.45) is 0 Å². The van der Waals surface area contributed by atoms with E-state index < -0.39 is 0 Å². The number of phenolic OH excluding ortho intramolecular Hbond substituents is 1. The van der Waals surface area contributed by atoms with Gasteiger partial charge >= 0.3 is 0 Å². The lowest BCUT2D eigenvalue weighted by molar-refractivity contribution is 0.475. The van der Waals surface area contributed by atoms with Crippen LogP contribution in [0.2, 0.25) is 0 Å². The largest absolute Gasteiger partial charge is 0.508 e. The van der Waals surface area contributed by atoms with Crippen molar-refractivity contribution in [1.82, 2.24) is 9.13 Å². The number of hydrogen-bond acceptors (Lipinski definition) is 1. The van der Waals surface area contributed by atoms with Gasteiger partial charge in [-0.05, 0) is 107 Å². The van der Waals surface area contributed by atoms with E-state index in [1.165, 1.54) is 65.9 Å². The Kier molecular flexibility index (Phi) is 6.68. The summed E-state index contributed by atoms with van der Waals surface area (Å²) in [7, 11) is 0. The van der Waals surface area contributed by atoms with Gasteiger partial charge in [-0.3, -0.25) is 0 Å². The minimum atomic E-state index is 0.287. The van der Waals surface area contributed by atoms with Crippen molar-refractivity contribution in [3.63, 3.8) is 0 Å². The third-order valence-corrected chi connectivity index (χ3v) is 9.27. The Morgan fingerprint density at radius 3 is 1.11 bits per heavy atom. The number of rotatable bonds is 7. The molecule has 8 rings (SSSR count). The van der Waals surface area contributed by atoms with Gasteiger partial charge < -0.3 is 14.2 Å². The molecule has 0 aliphatic rings.